The van der Waals surface area contributed by atoms with Crippen LogP contribution in [0.4, 0.5) is 13.2 Å². The fraction of sp³-hybridized carbons (Fsp3) is 0.100. The van der Waals surface area contributed by atoms with Gasteiger partial charge in [0.05, 0.1) is 23.0 Å². The number of hydrogen-bond acceptors (Lipinski definition) is 5. The summed E-state index contributed by atoms with van der Waals surface area (Å²) in [6.45, 7) is 5.07. The van der Waals surface area contributed by atoms with E-state index < -0.39 is 17.8 Å². The number of nitrogens with zero attached hydrogens (tertiary/aromatic N) is 4. The van der Waals surface area contributed by atoms with Gasteiger partial charge < -0.3 is 11.5 Å². The highest BCUT2D eigenvalue weighted by molar-refractivity contribution is 6.07. The second-order valence-corrected chi connectivity index (χ2v) is 6.40. The zero-order valence-corrected chi connectivity index (χ0v) is 15.8. The molecular formula is C20H17F3N6O. The normalized spacial score (nSPS) is 12.9. The Balaban J connectivity index is 2.24. The highest BCUT2D eigenvalue weighted by Crippen LogP contribution is 2.30. The number of carbonyl (C=O) groups excluding carboxylic acids is 1. The number of carbonyl (C=O) groups is 1. The highest BCUT2D eigenvalue weighted by Gasteiger charge is 2.32. The molecule has 2 aromatic heterocycles. The Morgan fingerprint density at radius 1 is 1.27 bits per heavy atom. The molecule has 0 fully saturated rings. The molecule has 1 aromatic carbocycles. The van der Waals surface area contributed by atoms with Gasteiger partial charge in [-0.25, -0.2) is 9.67 Å². The number of aliphatic imine (C=N–C) groups is 1. The third kappa shape index (κ3) is 4.07. The van der Waals surface area contributed by atoms with Gasteiger partial charge in [-0.05, 0) is 55.1 Å². The predicted octanol–water partition coefficient (Wildman–Crippen LogP) is 3.44. The largest absolute Gasteiger partial charge is 0.433 e. The molecule has 3 aromatic rings. The van der Waals surface area contributed by atoms with Crippen molar-refractivity contribution in [2.45, 2.75) is 13.1 Å². The molecule has 30 heavy (non-hydrogen) atoms. The van der Waals surface area contributed by atoms with Gasteiger partial charge in [-0.1, -0.05) is 6.07 Å². The molecule has 0 atom stereocenters. The van der Waals surface area contributed by atoms with E-state index >= 15 is 0 Å². The number of fused-ring (bicyclic) bond motifs is 1. The lowest BCUT2D eigenvalue weighted by atomic mass is 10.00. The number of pyridine rings is 1. The number of hydrogen-bond donors (Lipinski definition) is 2. The number of halogens is 3. The van der Waals surface area contributed by atoms with Crippen molar-refractivity contribution in [1.29, 1.82) is 0 Å². The lowest BCUT2D eigenvalue weighted by molar-refractivity contribution is -0.141. The number of benzene rings is 1. The van der Waals surface area contributed by atoms with Gasteiger partial charge in [-0.3, -0.25) is 9.79 Å². The quantitative estimate of drug-likeness (QED) is 0.492. The van der Waals surface area contributed by atoms with Crippen molar-refractivity contribution >= 4 is 29.1 Å². The number of alkyl halides is 3. The summed E-state index contributed by atoms with van der Waals surface area (Å²) in [5, 5.41) is 4.51. The van der Waals surface area contributed by atoms with Crippen molar-refractivity contribution < 1.29 is 18.0 Å². The third-order valence-corrected chi connectivity index (χ3v) is 4.27. The summed E-state index contributed by atoms with van der Waals surface area (Å²) < 4.78 is 40.4. The Morgan fingerprint density at radius 3 is 2.63 bits per heavy atom. The maximum Gasteiger partial charge on any atom is 0.433 e. The first-order valence-corrected chi connectivity index (χ1v) is 8.58. The lowest BCUT2D eigenvalue weighted by Gasteiger charge is -2.10. The molecule has 1 amide bonds. The lowest BCUT2D eigenvalue weighted by Crippen LogP contribution is -2.12. The van der Waals surface area contributed by atoms with Crippen LogP contribution in [0.25, 0.3) is 22.3 Å². The van der Waals surface area contributed by atoms with Crippen LogP contribution in [-0.2, 0) is 6.18 Å². The van der Waals surface area contributed by atoms with E-state index in [0.29, 0.717) is 27.7 Å². The number of primary amides is 1. The van der Waals surface area contributed by atoms with Gasteiger partial charge in [-0.2, -0.15) is 18.3 Å². The SMILES string of the molecule is C=N/C=C(N)\C=C(/C)c1cc(C(N)=O)c2cnn(-c3cccc(C(F)(F)F)n3)c2c1. The minimum absolute atomic E-state index is 0.0516. The molecule has 0 saturated heterocycles. The van der Waals surface area contributed by atoms with Crippen LogP contribution in [0.5, 0.6) is 0 Å². The Morgan fingerprint density at radius 2 is 2.00 bits per heavy atom. The monoisotopic (exact) mass is 414 g/mol. The first kappa shape index (κ1) is 20.8. The van der Waals surface area contributed by atoms with Gasteiger partial charge in [0.1, 0.15) is 5.69 Å². The zero-order valence-electron chi connectivity index (χ0n) is 15.8. The molecular weight excluding hydrogens is 397 g/mol. The van der Waals surface area contributed by atoms with Crippen molar-refractivity contribution in [1.82, 2.24) is 14.8 Å². The van der Waals surface area contributed by atoms with E-state index in [0.717, 1.165) is 6.07 Å². The summed E-state index contributed by atoms with van der Waals surface area (Å²) in [6.07, 6.45) is -0.279. The molecule has 0 spiro atoms. The topological polar surface area (TPSA) is 112 Å². The van der Waals surface area contributed by atoms with Crippen LogP contribution in [0, 0.1) is 0 Å². The highest BCUT2D eigenvalue weighted by atomic mass is 19.4. The molecule has 0 bridgehead atoms. The molecule has 4 N–H and O–H groups in total. The maximum absolute atomic E-state index is 13.1. The average molecular weight is 414 g/mol. The number of aromatic nitrogens is 3. The van der Waals surface area contributed by atoms with E-state index in [-0.39, 0.29) is 11.4 Å². The fourth-order valence-electron chi connectivity index (χ4n) is 2.92. The number of nitrogens with two attached hydrogens (primary N) is 2. The molecule has 154 valence electrons. The van der Waals surface area contributed by atoms with Crippen LogP contribution >= 0.6 is 0 Å². The fourth-order valence-corrected chi connectivity index (χ4v) is 2.92. The smallest absolute Gasteiger partial charge is 0.397 e. The standard InChI is InChI=1S/C20H17F3N6O/c1-11(6-13(24)9-26-2)12-7-14(19(25)30)15-10-27-29(16(15)8-12)18-5-3-4-17(28-18)20(21,22)23/h3-10H,2,24H2,1H3,(H2,25,30)/b11-6+,13-9+. The third-order valence-electron chi connectivity index (χ3n) is 4.27. The van der Waals surface area contributed by atoms with Crippen molar-refractivity contribution in [3.05, 3.63) is 71.3 Å². The maximum atomic E-state index is 13.1. The predicted molar refractivity (Wildman–Crippen MR) is 108 cm³/mol. The first-order valence-electron chi connectivity index (χ1n) is 8.58. The molecule has 0 saturated carbocycles. The second kappa shape index (κ2) is 7.82. The van der Waals surface area contributed by atoms with Gasteiger partial charge >= 0.3 is 6.18 Å². The Labute approximate surface area is 169 Å². The van der Waals surface area contributed by atoms with E-state index in [1.165, 1.54) is 29.2 Å². The van der Waals surface area contributed by atoms with Gasteiger partial charge in [-0.15, -0.1) is 0 Å². The summed E-state index contributed by atoms with van der Waals surface area (Å²) in [7, 11) is 0. The van der Waals surface area contributed by atoms with Gasteiger partial charge in [0, 0.05) is 11.6 Å². The van der Waals surface area contributed by atoms with Crippen molar-refractivity contribution in [2.24, 2.45) is 16.5 Å². The summed E-state index contributed by atoms with van der Waals surface area (Å²) in [6, 6.07) is 6.72. The van der Waals surface area contributed by atoms with Gasteiger partial charge in [0.2, 0.25) is 5.91 Å². The summed E-state index contributed by atoms with van der Waals surface area (Å²) >= 11 is 0. The zero-order chi connectivity index (χ0) is 22.1. The average Bonchev–Trinajstić information content (AvgIpc) is 3.10. The molecule has 2 heterocycles. The van der Waals surface area contributed by atoms with E-state index in [1.807, 2.05) is 0 Å². The molecule has 0 aliphatic heterocycles. The van der Waals surface area contributed by atoms with Crippen LogP contribution < -0.4 is 11.5 Å². The van der Waals surface area contributed by atoms with Crippen molar-refractivity contribution in [3.8, 4) is 5.82 Å². The Hall–Kier alpha value is -3.95. The van der Waals surface area contributed by atoms with Crippen LogP contribution in [-0.4, -0.2) is 27.4 Å². The minimum Gasteiger partial charge on any atom is -0.397 e. The number of allylic oxidation sites excluding steroid dienone is 2. The molecule has 7 nitrogen and oxygen atoms in total. The van der Waals surface area contributed by atoms with Crippen LogP contribution in [0.3, 0.4) is 0 Å². The summed E-state index contributed by atoms with van der Waals surface area (Å²) in [5.41, 5.74) is 12.4. The minimum atomic E-state index is -4.61. The van der Waals surface area contributed by atoms with Crippen molar-refractivity contribution in [2.75, 3.05) is 0 Å². The van der Waals surface area contributed by atoms with E-state index in [9.17, 15) is 18.0 Å². The van der Waals surface area contributed by atoms with Crippen LogP contribution in [0.15, 0.2) is 59.5 Å². The summed E-state index contributed by atoms with van der Waals surface area (Å²) in [4.78, 5) is 19.2. The number of amides is 1. The van der Waals surface area contributed by atoms with Crippen LogP contribution in [0.2, 0.25) is 0 Å². The van der Waals surface area contributed by atoms with E-state index in [2.05, 4.69) is 21.8 Å². The van der Waals surface area contributed by atoms with Crippen LogP contribution in [0.1, 0.15) is 28.5 Å². The molecule has 3 rings (SSSR count). The number of rotatable bonds is 5. The van der Waals surface area contributed by atoms with Gasteiger partial charge in [0.15, 0.2) is 5.82 Å². The van der Waals surface area contributed by atoms with E-state index in [4.69, 9.17) is 11.5 Å². The van der Waals surface area contributed by atoms with Crippen molar-refractivity contribution in [3.63, 3.8) is 0 Å². The Kier molecular flexibility index (Phi) is 5.41. The molecule has 10 heteroatoms. The first-order chi connectivity index (χ1) is 14.1. The second-order valence-electron chi connectivity index (χ2n) is 6.40. The van der Waals surface area contributed by atoms with E-state index in [1.54, 1.807) is 25.1 Å². The molecule has 0 aliphatic carbocycles. The van der Waals surface area contributed by atoms with Gasteiger partial charge in [0.25, 0.3) is 0 Å². The Bertz CT molecular complexity index is 1210. The molecule has 0 unspecified atom stereocenters. The summed E-state index contributed by atoms with van der Waals surface area (Å²) in [5.74, 6) is -0.758. The molecule has 0 aliphatic rings. The molecule has 0 radical (unpaired) electrons.